The summed E-state index contributed by atoms with van der Waals surface area (Å²) in [6, 6.07) is 4.79. The minimum atomic E-state index is -4.42. The second-order valence-corrected chi connectivity index (χ2v) is 6.64. The third-order valence-corrected chi connectivity index (χ3v) is 5.06. The van der Waals surface area contributed by atoms with Gasteiger partial charge in [-0.15, -0.1) is 0 Å². The maximum absolute atomic E-state index is 12.9. The first-order valence-electron chi connectivity index (χ1n) is 8.97. The minimum absolute atomic E-state index is 0.103. The summed E-state index contributed by atoms with van der Waals surface area (Å²) in [6.45, 7) is 7.46. The Bertz CT molecular complexity index is 781. The fourth-order valence-electron chi connectivity index (χ4n) is 3.54. The van der Waals surface area contributed by atoms with Gasteiger partial charge in [0.1, 0.15) is 5.58 Å². The number of halogens is 3. The zero-order chi connectivity index (χ0) is 18.9. The zero-order valence-electron chi connectivity index (χ0n) is 15.0. The second kappa shape index (κ2) is 7.31. The lowest BCUT2D eigenvalue weighted by atomic mass is 10.1. The summed E-state index contributed by atoms with van der Waals surface area (Å²) >= 11 is 0. The van der Waals surface area contributed by atoms with Crippen LogP contribution in [0.4, 0.5) is 13.2 Å². The van der Waals surface area contributed by atoms with Gasteiger partial charge in [-0.1, -0.05) is 13.8 Å². The normalized spacial score (nSPS) is 18.2. The van der Waals surface area contributed by atoms with E-state index in [1.54, 1.807) is 4.90 Å². The predicted molar refractivity (Wildman–Crippen MR) is 93.1 cm³/mol. The number of fused-ring (bicyclic) bond motifs is 1. The Hall–Kier alpha value is -2.02. The maximum Gasteiger partial charge on any atom is 0.416 e. The van der Waals surface area contributed by atoms with E-state index in [2.05, 4.69) is 18.7 Å². The summed E-state index contributed by atoms with van der Waals surface area (Å²) in [5.74, 6) is -0.143. The highest BCUT2D eigenvalue weighted by Gasteiger charge is 2.33. The number of rotatable bonds is 5. The van der Waals surface area contributed by atoms with Gasteiger partial charge in [-0.2, -0.15) is 13.2 Å². The van der Waals surface area contributed by atoms with Gasteiger partial charge >= 0.3 is 6.18 Å². The summed E-state index contributed by atoms with van der Waals surface area (Å²) in [7, 11) is 0. The van der Waals surface area contributed by atoms with Crippen molar-refractivity contribution in [1.82, 2.24) is 9.80 Å². The van der Waals surface area contributed by atoms with Gasteiger partial charge in [0.25, 0.3) is 5.91 Å². The molecule has 2 aromatic rings. The molecular weight excluding hydrogens is 345 g/mol. The van der Waals surface area contributed by atoms with E-state index >= 15 is 0 Å². The molecule has 1 aromatic carbocycles. The highest BCUT2D eigenvalue weighted by atomic mass is 19.4. The van der Waals surface area contributed by atoms with Crippen molar-refractivity contribution in [3.8, 4) is 0 Å². The van der Waals surface area contributed by atoms with Gasteiger partial charge in [0.15, 0.2) is 5.76 Å². The lowest BCUT2D eigenvalue weighted by Crippen LogP contribution is -2.43. The molecule has 1 aliphatic rings. The van der Waals surface area contributed by atoms with Crippen molar-refractivity contribution < 1.29 is 22.4 Å². The molecule has 4 nitrogen and oxygen atoms in total. The van der Waals surface area contributed by atoms with Gasteiger partial charge in [0.05, 0.1) is 5.56 Å². The molecule has 2 heterocycles. The summed E-state index contributed by atoms with van der Waals surface area (Å²) in [4.78, 5) is 16.9. The average Bonchev–Trinajstić information content (AvgIpc) is 3.24. The summed E-state index contributed by atoms with van der Waals surface area (Å²) in [6.07, 6.45) is -2.56. The van der Waals surface area contributed by atoms with E-state index < -0.39 is 11.7 Å². The van der Waals surface area contributed by atoms with Crippen LogP contribution >= 0.6 is 0 Å². The van der Waals surface area contributed by atoms with Gasteiger partial charge in [0.2, 0.25) is 0 Å². The molecule has 0 N–H and O–H groups in total. The molecule has 1 atom stereocenters. The molecule has 3 rings (SSSR count). The van der Waals surface area contributed by atoms with Crippen molar-refractivity contribution in [1.29, 1.82) is 0 Å². The zero-order valence-corrected chi connectivity index (χ0v) is 15.0. The van der Waals surface area contributed by atoms with Crippen LogP contribution in [0.3, 0.4) is 0 Å². The molecule has 1 amide bonds. The number of likely N-dealkylation sites (tertiary alicyclic amines) is 1. The number of hydrogen-bond acceptors (Lipinski definition) is 3. The third kappa shape index (κ3) is 3.72. The molecule has 26 heavy (non-hydrogen) atoms. The molecule has 0 unspecified atom stereocenters. The Morgan fingerprint density at radius 2 is 2.00 bits per heavy atom. The molecule has 1 aliphatic heterocycles. The molecule has 0 saturated carbocycles. The van der Waals surface area contributed by atoms with Crippen LogP contribution in [0.15, 0.2) is 28.7 Å². The third-order valence-electron chi connectivity index (χ3n) is 5.06. The monoisotopic (exact) mass is 368 g/mol. The Morgan fingerprint density at radius 3 is 2.65 bits per heavy atom. The van der Waals surface area contributed by atoms with E-state index in [0.29, 0.717) is 17.5 Å². The van der Waals surface area contributed by atoms with Gasteiger partial charge in [-0.3, -0.25) is 4.79 Å². The Balaban J connectivity index is 1.82. The number of likely N-dealkylation sites (N-methyl/N-ethyl adjacent to an activating group) is 1. The number of hydrogen-bond donors (Lipinski definition) is 0. The van der Waals surface area contributed by atoms with Crippen molar-refractivity contribution in [2.24, 2.45) is 0 Å². The highest BCUT2D eigenvalue weighted by Crippen LogP contribution is 2.33. The Kier molecular flexibility index (Phi) is 5.27. The van der Waals surface area contributed by atoms with Crippen LogP contribution in [0.1, 0.15) is 42.8 Å². The average molecular weight is 368 g/mol. The number of carbonyl (C=O) groups is 1. The van der Waals surface area contributed by atoms with Gasteiger partial charge in [-0.05, 0) is 50.2 Å². The van der Waals surface area contributed by atoms with Crippen molar-refractivity contribution in [2.75, 3.05) is 26.2 Å². The minimum Gasteiger partial charge on any atom is -0.451 e. The lowest BCUT2D eigenvalue weighted by Gasteiger charge is -2.29. The van der Waals surface area contributed by atoms with Crippen LogP contribution < -0.4 is 0 Å². The number of benzene rings is 1. The smallest absolute Gasteiger partial charge is 0.416 e. The molecule has 1 saturated heterocycles. The van der Waals surface area contributed by atoms with E-state index in [9.17, 15) is 18.0 Å². The van der Waals surface area contributed by atoms with Gasteiger partial charge < -0.3 is 14.2 Å². The molecule has 142 valence electrons. The van der Waals surface area contributed by atoms with Crippen molar-refractivity contribution >= 4 is 16.9 Å². The number of furan rings is 1. The highest BCUT2D eigenvalue weighted by molar-refractivity contribution is 5.96. The van der Waals surface area contributed by atoms with Crippen LogP contribution in [0, 0.1) is 0 Å². The maximum atomic E-state index is 12.9. The second-order valence-electron chi connectivity index (χ2n) is 6.64. The Morgan fingerprint density at radius 1 is 1.27 bits per heavy atom. The van der Waals surface area contributed by atoms with E-state index in [1.165, 1.54) is 12.1 Å². The molecule has 0 bridgehead atoms. The molecule has 7 heteroatoms. The topological polar surface area (TPSA) is 36.7 Å². The number of alkyl halides is 3. The largest absolute Gasteiger partial charge is 0.451 e. The van der Waals surface area contributed by atoms with Gasteiger partial charge in [0, 0.05) is 24.5 Å². The van der Waals surface area contributed by atoms with Gasteiger partial charge in [-0.25, -0.2) is 0 Å². The summed E-state index contributed by atoms with van der Waals surface area (Å²) in [5.41, 5.74) is -0.453. The lowest BCUT2D eigenvalue weighted by molar-refractivity contribution is -0.137. The first kappa shape index (κ1) is 18.8. The first-order valence-corrected chi connectivity index (χ1v) is 8.97. The molecule has 0 aliphatic carbocycles. The van der Waals surface area contributed by atoms with E-state index in [4.69, 9.17) is 4.42 Å². The SMILES string of the molecule is CCN(CC)C[C@@H]1CCCN1C(=O)c1cc2cc(C(F)(F)F)ccc2o1. The van der Waals surface area contributed by atoms with Crippen molar-refractivity contribution in [2.45, 2.75) is 38.9 Å². The predicted octanol–water partition coefficient (Wildman–Crippen LogP) is 4.40. The fraction of sp³-hybridized carbons (Fsp3) is 0.526. The molecule has 0 radical (unpaired) electrons. The van der Waals surface area contributed by atoms with E-state index in [-0.39, 0.29) is 17.7 Å². The van der Waals surface area contributed by atoms with Crippen molar-refractivity contribution in [3.05, 3.63) is 35.6 Å². The fourth-order valence-corrected chi connectivity index (χ4v) is 3.54. The van der Waals surface area contributed by atoms with Crippen LogP contribution in [-0.2, 0) is 6.18 Å². The van der Waals surface area contributed by atoms with E-state index in [0.717, 1.165) is 44.6 Å². The first-order chi connectivity index (χ1) is 12.3. The van der Waals surface area contributed by atoms with E-state index in [1.807, 2.05) is 0 Å². The number of carbonyl (C=O) groups excluding carboxylic acids is 1. The van der Waals surface area contributed by atoms with Crippen LogP contribution in [0.2, 0.25) is 0 Å². The standard InChI is InChI=1S/C19H23F3N2O2/c1-3-23(4-2)12-15-6-5-9-24(15)18(25)17-11-13-10-14(19(20,21)22)7-8-16(13)26-17/h7-8,10-11,15H,3-6,9,12H2,1-2H3/t15-/m0/s1. The molecule has 1 aromatic heterocycles. The molecule has 0 spiro atoms. The number of amides is 1. The Labute approximate surface area is 150 Å². The molecular formula is C19H23F3N2O2. The van der Waals surface area contributed by atoms with Crippen molar-refractivity contribution in [3.63, 3.8) is 0 Å². The van der Waals surface area contributed by atoms with Crippen LogP contribution in [0.5, 0.6) is 0 Å². The van der Waals surface area contributed by atoms with Crippen LogP contribution in [0.25, 0.3) is 11.0 Å². The number of nitrogens with zero attached hydrogens (tertiary/aromatic N) is 2. The summed E-state index contributed by atoms with van der Waals surface area (Å²) in [5, 5.41) is 0.294. The summed E-state index contributed by atoms with van der Waals surface area (Å²) < 4.78 is 44.1. The molecule has 1 fully saturated rings. The quantitative estimate of drug-likeness (QED) is 0.785. The van der Waals surface area contributed by atoms with Crippen LogP contribution in [-0.4, -0.2) is 47.9 Å².